The summed E-state index contributed by atoms with van der Waals surface area (Å²) in [7, 11) is 3.41. The lowest BCUT2D eigenvalue weighted by molar-refractivity contribution is 0.635. The predicted octanol–water partition coefficient (Wildman–Crippen LogP) is 0.764. The molecule has 0 saturated heterocycles. The van der Waals surface area contributed by atoms with Crippen LogP contribution in [0.3, 0.4) is 0 Å². The van der Waals surface area contributed by atoms with Crippen LogP contribution < -0.4 is 11.2 Å². The topological polar surface area (TPSA) is 79.6 Å². The van der Waals surface area contributed by atoms with Gasteiger partial charge >= 0.3 is 5.69 Å². The van der Waals surface area contributed by atoms with Gasteiger partial charge in [0.05, 0.1) is 5.69 Å². The van der Waals surface area contributed by atoms with E-state index in [-0.39, 0.29) is 11.2 Å². The normalized spacial score (nSPS) is 11.5. The van der Waals surface area contributed by atoms with E-state index in [1.165, 1.54) is 9.13 Å². The molecule has 0 saturated carbocycles. The molecule has 0 atom stereocenters. The van der Waals surface area contributed by atoms with Gasteiger partial charge in [0, 0.05) is 26.3 Å². The summed E-state index contributed by atoms with van der Waals surface area (Å²) < 4.78 is 6.11. The van der Waals surface area contributed by atoms with Crippen LogP contribution in [0, 0.1) is 0 Å². The predicted molar refractivity (Wildman–Crippen MR) is 91.8 cm³/mol. The molecule has 3 heterocycles. The summed E-state index contributed by atoms with van der Waals surface area (Å²) in [4.78, 5) is 29.5. The van der Waals surface area contributed by atoms with Gasteiger partial charge in [-0.15, -0.1) is 0 Å². The van der Waals surface area contributed by atoms with Crippen molar-refractivity contribution in [3.05, 3.63) is 38.3 Å². The first-order valence-electron chi connectivity index (χ1n) is 8.18. The van der Waals surface area contributed by atoms with E-state index in [9.17, 15) is 9.59 Å². The summed E-state index contributed by atoms with van der Waals surface area (Å²) in [5.41, 5.74) is 2.10. The SMILES string of the molecule is CCc1cc(CC)n(-c2nc3c(c(=O)n(CC)c(=O)n3C)n2C)n1. The maximum atomic E-state index is 12.7. The van der Waals surface area contributed by atoms with Gasteiger partial charge in [-0.3, -0.25) is 13.9 Å². The number of imidazole rings is 1. The van der Waals surface area contributed by atoms with E-state index in [1.807, 2.05) is 13.0 Å². The molecule has 0 fully saturated rings. The molecular weight excluding hydrogens is 308 g/mol. The van der Waals surface area contributed by atoms with Gasteiger partial charge in [0.2, 0.25) is 5.95 Å². The van der Waals surface area contributed by atoms with Crippen molar-refractivity contribution in [3.63, 3.8) is 0 Å². The van der Waals surface area contributed by atoms with Crippen molar-refractivity contribution in [1.29, 1.82) is 0 Å². The third kappa shape index (κ3) is 2.13. The van der Waals surface area contributed by atoms with Crippen LogP contribution >= 0.6 is 0 Å². The second kappa shape index (κ2) is 5.77. The molecule has 0 N–H and O–H groups in total. The third-order valence-corrected chi connectivity index (χ3v) is 4.40. The zero-order valence-corrected chi connectivity index (χ0v) is 14.7. The van der Waals surface area contributed by atoms with E-state index in [4.69, 9.17) is 0 Å². The first-order chi connectivity index (χ1) is 11.4. The molecule has 0 aliphatic rings. The zero-order chi connectivity index (χ0) is 17.6. The molecule has 3 rings (SSSR count). The molecule has 8 heteroatoms. The van der Waals surface area contributed by atoms with Crippen LogP contribution in [0.1, 0.15) is 32.2 Å². The summed E-state index contributed by atoms with van der Waals surface area (Å²) in [6.45, 7) is 6.20. The quantitative estimate of drug-likeness (QED) is 0.707. The lowest BCUT2D eigenvalue weighted by Crippen LogP contribution is -2.39. The summed E-state index contributed by atoms with van der Waals surface area (Å²) in [5.74, 6) is 0.544. The van der Waals surface area contributed by atoms with Crippen molar-refractivity contribution in [2.24, 2.45) is 14.1 Å². The number of aryl methyl sites for hydroxylation is 4. The van der Waals surface area contributed by atoms with E-state index in [0.29, 0.717) is 23.7 Å². The van der Waals surface area contributed by atoms with Gasteiger partial charge in [0.15, 0.2) is 11.2 Å². The summed E-state index contributed by atoms with van der Waals surface area (Å²) in [6.07, 6.45) is 1.62. The molecule has 0 amide bonds. The van der Waals surface area contributed by atoms with Crippen molar-refractivity contribution >= 4 is 11.2 Å². The molecule has 24 heavy (non-hydrogen) atoms. The van der Waals surface area contributed by atoms with Crippen LogP contribution in [0.2, 0.25) is 0 Å². The molecule has 0 aromatic carbocycles. The highest BCUT2D eigenvalue weighted by Crippen LogP contribution is 2.16. The van der Waals surface area contributed by atoms with Crippen LogP contribution in [-0.4, -0.2) is 28.5 Å². The Balaban J connectivity index is 2.41. The van der Waals surface area contributed by atoms with Crippen LogP contribution in [-0.2, 0) is 33.5 Å². The number of fused-ring (bicyclic) bond motifs is 1. The fourth-order valence-electron chi connectivity index (χ4n) is 2.97. The minimum absolute atomic E-state index is 0.322. The minimum atomic E-state index is -0.356. The molecule has 3 aromatic rings. The Kier molecular flexibility index (Phi) is 3.90. The standard InChI is InChI=1S/C16H22N6O2/c1-6-10-9-11(7-2)22(18-10)15-17-13-12(19(15)4)14(23)21(8-3)16(24)20(13)5/h9H,6-8H2,1-5H3. The van der Waals surface area contributed by atoms with Crippen LogP contribution in [0.4, 0.5) is 0 Å². The largest absolute Gasteiger partial charge is 0.332 e. The van der Waals surface area contributed by atoms with Gasteiger partial charge in [0.1, 0.15) is 0 Å². The molecule has 0 aliphatic heterocycles. The first kappa shape index (κ1) is 16.2. The fraction of sp³-hybridized carbons (Fsp3) is 0.500. The Morgan fingerprint density at radius 1 is 1.04 bits per heavy atom. The second-order valence-electron chi connectivity index (χ2n) is 5.78. The number of rotatable bonds is 4. The number of hydrogen-bond donors (Lipinski definition) is 0. The summed E-state index contributed by atoms with van der Waals surface area (Å²) >= 11 is 0. The maximum absolute atomic E-state index is 12.7. The van der Waals surface area contributed by atoms with Crippen molar-refractivity contribution in [2.45, 2.75) is 40.2 Å². The van der Waals surface area contributed by atoms with Crippen molar-refractivity contribution in [2.75, 3.05) is 0 Å². The highest BCUT2D eigenvalue weighted by molar-refractivity contribution is 5.72. The maximum Gasteiger partial charge on any atom is 0.332 e. The van der Waals surface area contributed by atoms with E-state index < -0.39 is 0 Å². The molecule has 0 unspecified atom stereocenters. The van der Waals surface area contributed by atoms with Gasteiger partial charge in [-0.25, -0.2) is 9.48 Å². The average molecular weight is 330 g/mol. The Morgan fingerprint density at radius 2 is 1.75 bits per heavy atom. The van der Waals surface area contributed by atoms with Crippen LogP contribution in [0.25, 0.3) is 17.1 Å². The minimum Gasteiger partial charge on any atom is -0.306 e. The van der Waals surface area contributed by atoms with E-state index in [2.05, 4.69) is 17.0 Å². The third-order valence-electron chi connectivity index (χ3n) is 4.40. The van der Waals surface area contributed by atoms with Gasteiger partial charge in [0.25, 0.3) is 5.56 Å². The smallest absolute Gasteiger partial charge is 0.306 e. The van der Waals surface area contributed by atoms with E-state index in [1.54, 1.807) is 30.3 Å². The highest BCUT2D eigenvalue weighted by Gasteiger charge is 2.20. The Bertz CT molecular complexity index is 1030. The van der Waals surface area contributed by atoms with Crippen molar-refractivity contribution in [3.8, 4) is 5.95 Å². The summed E-state index contributed by atoms with van der Waals surface area (Å²) in [5, 5.41) is 4.59. The van der Waals surface area contributed by atoms with Crippen LogP contribution in [0.5, 0.6) is 0 Å². The fourth-order valence-corrected chi connectivity index (χ4v) is 2.97. The Morgan fingerprint density at radius 3 is 2.33 bits per heavy atom. The molecule has 0 bridgehead atoms. The Labute approximate surface area is 139 Å². The molecule has 0 spiro atoms. The van der Waals surface area contributed by atoms with Gasteiger partial charge in [-0.05, 0) is 25.8 Å². The number of nitrogens with zero attached hydrogens (tertiary/aromatic N) is 6. The zero-order valence-electron chi connectivity index (χ0n) is 14.7. The summed E-state index contributed by atoms with van der Waals surface area (Å²) in [6, 6.07) is 2.04. The molecule has 0 radical (unpaired) electrons. The van der Waals surface area contributed by atoms with Gasteiger partial charge < -0.3 is 4.57 Å². The number of aromatic nitrogens is 6. The van der Waals surface area contributed by atoms with Crippen molar-refractivity contribution in [1.82, 2.24) is 28.5 Å². The van der Waals surface area contributed by atoms with Crippen molar-refractivity contribution < 1.29 is 0 Å². The molecule has 128 valence electrons. The lowest BCUT2D eigenvalue weighted by Gasteiger charge is -2.06. The first-order valence-corrected chi connectivity index (χ1v) is 8.18. The van der Waals surface area contributed by atoms with Gasteiger partial charge in [-0.2, -0.15) is 10.1 Å². The van der Waals surface area contributed by atoms with Crippen LogP contribution in [0.15, 0.2) is 15.7 Å². The molecule has 0 aliphatic carbocycles. The number of hydrogen-bond acceptors (Lipinski definition) is 4. The Hall–Kier alpha value is -2.64. The highest BCUT2D eigenvalue weighted by atomic mass is 16.2. The lowest BCUT2D eigenvalue weighted by atomic mass is 10.3. The monoisotopic (exact) mass is 330 g/mol. The second-order valence-corrected chi connectivity index (χ2v) is 5.78. The molecular formula is C16H22N6O2. The van der Waals surface area contributed by atoms with Gasteiger partial charge in [-0.1, -0.05) is 13.8 Å². The van der Waals surface area contributed by atoms with E-state index >= 15 is 0 Å². The molecule has 3 aromatic heterocycles. The average Bonchev–Trinajstić information content (AvgIpc) is 3.14. The van der Waals surface area contributed by atoms with E-state index in [0.717, 1.165) is 24.2 Å². The molecule has 8 nitrogen and oxygen atoms in total.